The molecule has 0 fully saturated rings. The maximum absolute atomic E-state index is 13.6. The minimum Gasteiger partial charge on any atom is -0.337 e. The fourth-order valence-corrected chi connectivity index (χ4v) is 2.92. The van der Waals surface area contributed by atoms with E-state index in [1.807, 2.05) is 10.8 Å². The lowest BCUT2D eigenvalue weighted by Crippen LogP contribution is -2.19. The summed E-state index contributed by atoms with van der Waals surface area (Å²) in [7, 11) is 0. The molecule has 1 aliphatic carbocycles. The quantitative estimate of drug-likeness (QED) is 0.790. The molecule has 1 aliphatic rings. The monoisotopic (exact) mass is 302 g/mol. The van der Waals surface area contributed by atoms with Crippen molar-refractivity contribution >= 4 is 24.6 Å². The van der Waals surface area contributed by atoms with Gasteiger partial charge in [-0.3, -0.25) is 0 Å². The lowest BCUT2D eigenvalue weighted by atomic mass is 9.87. The van der Waals surface area contributed by atoms with E-state index in [-0.39, 0.29) is 18.4 Å². The van der Waals surface area contributed by atoms with E-state index in [0.29, 0.717) is 23.2 Å². The summed E-state index contributed by atoms with van der Waals surface area (Å²) in [6, 6.07) is 2.57. The van der Waals surface area contributed by atoms with Crippen LogP contribution in [0.5, 0.6) is 0 Å². The van der Waals surface area contributed by atoms with Crippen LogP contribution in [0.15, 0.2) is 24.5 Å². The number of nitrogens with one attached hydrogen (secondary N) is 1. The minimum atomic E-state index is -0.510. The van der Waals surface area contributed by atoms with Crippen LogP contribution in [-0.4, -0.2) is 9.55 Å². The predicted molar refractivity (Wildman–Crippen MR) is 74.3 cm³/mol. The van der Waals surface area contributed by atoms with Crippen molar-refractivity contribution in [2.24, 2.45) is 0 Å². The SMILES string of the molecule is Cl.Fc1cc(F)c2c(c1)CC(n1cc[nH]c1=S)CC2. The molecule has 2 aromatic rings. The second-order valence-corrected chi connectivity index (χ2v) is 4.98. The smallest absolute Gasteiger partial charge is 0.177 e. The zero-order chi connectivity index (χ0) is 12.7. The van der Waals surface area contributed by atoms with Crippen LogP contribution >= 0.6 is 24.6 Å². The average Bonchev–Trinajstić information content (AvgIpc) is 2.74. The number of nitrogens with zero attached hydrogens (tertiary/aromatic N) is 1. The zero-order valence-corrected chi connectivity index (χ0v) is 11.7. The standard InChI is InChI=1S/C13H12F2N2S.ClH/c14-9-5-8-6-10(17-4-3-16-13(17)18)1-2-11(8)12(15)7-9;/h3-5,7,10H,1-2,6H2,(H,16,18);1H. The molecule has 1 aromatic carbocycles. The van der Waals surface area contributed by atoms with Gasteiger partial charge < -0.3 is 9.55 Å². The number of aromatic nitrogens is 2. The first-order valence-electron chi connectivity index (χ1n) is 5.87. The molecule has 0 aliphatic heterocycles. The predicted octanol–water partition coefficient (Wildman–Crippen LogP) is 3.98. The van der Waals surface area contributed by atoms with E-state index in [2.05, 4.69) is 4.98 Å². The van der Waals surface area contributed by atoms with Gasteiger partial charge in [-0.15, -0.1) is 12.4 Å². The summed E-state index contributed by atoms with van der Waals surface area (Å²) in [5, 5.41) is 0. The van der Waals surface area contributed by atoms with Gasteiger partial charge in [0.05, 0.1) is 0 Å². The first-order chi connectivity index (χ1) is 8.65. The highest BCUT2D eigenvalue weighted by molar-refractivity contribution is 7.71. The fraction of sp³-hybridized carbons (Fsp3) is 0.308. The van der Waals surface area contributed by atoms with E-state index in [1.54, 1.807) is 6.20 Å². The maximum Gasteiger partial charge on any atom is 0.177 e. The molecule has 102 valence electrons. The van der Waals surface area contributed by atoms with Crippen LogP contribution in [-0.2, 0) is 12.8 Å². The molecular formula is C13H13ClF2N2S. The van der Waals surface area contributed by atoms with Gasteiger partial charge in [0.1, 0.15) is 11.6 Å². The number of rotatable bonds is 1. The Morgan fingerprint density at radius 2 is 2.11 bits per heavy atom. The molecule has 19 heavy (non-hydrogen) atoms. The van der Waals surface area contributed by atoms with Crippen molar-refractivity contribution in [3.8, 4) is 0 Å². The number of hydrogen-bond donors (Lipinski definition) is 1. The number of hydrogen-bond acceptors (Lipinski definition) is 1. The van der Waals surface area contributed by atoms with E-state index in [0.717, 1.165) is 18.1 Å². The number of benzene rings is 1. The molecule has 6 heteroatoms. The summed E-state index contributed by atoms with van der Waals surface area (Å²) in [5.41, 5.74) is 1.40. The van der Waals surface area contributed by atoms with Crippen molar-refractivity contribution in [3.63, 3.8) is 0 Å². The highest BCUT2D eigenvalue weighted by Crippen LogP contribution is 2.31. The van der Waals surface area contributed by atoms with Gasteiger partial charge in [0, 0.05) is 24.5 Å². The summed E-state index contributed by atoms with van der Waals surface area (Å²) in [4.78, 5) is 2.94. The summed E-state index contributed by atoms with van der Waals surface area (Å²) < 4.78 is 29.5. The Bertz CT molecular complexity index is 650. The summed E-state index contributed by atoms with van der Waals surface area (Å²) in [6.45, 7) is 0. The van der Waals surface area contributed by atoms with E-state index in [9.17, 15) is 8.78 Å². The minimum absolute atomic E-state index is 0. The molecule has 0 spiro atoms. The molecule has 0 saturated heterocycles. The molecule has 0 bridgehead atoms. The van der Waals surface area contributed by atoms with Gasteiger partial charge in [-0.25, -0.2) is 8.78 Å². The highest BCUT2D eigenvalue weighted by Gasteiger charge is 2.23. The molecular weight excluding hydrogens is 290 g/mol. The number of H-pyrrole nitrogens is 1. The molecule has 1 unspecified atom stereocenters. The van der Waals surface area contributed by atoms with Crippen molar-refractivity contribution in [3.05, 3.63) is 52.1 Å². The van der Waals surface area contributed by atoms with Gasteiger partial charge in [0.25, 0.3) is 0 Å². The second-order valence-electron chi connectivity index (χ2n) is 4.59. The first kappa shape index (κ1) is 14.2. The Kier molecular flexibility index (Phi) is 4.06. The normalized spacial score (nSPS) is 17.7. The van der Waals surface area contributed by atoms with Crippen LogP contribution in [0.4, 0.5) is 8.78 Å². The molecule has 1 N–H and O–H groups in total. The van der Waals surface area contributed by atoms with Crippen LogP contribution in [0.2, 0.25) is 0 Å². The second kappa shape index (κ2) is 5.43. The highest BCUT2D eigenvalue weighted by atomic mass is 35.5. The van der Waals surface area contributed by atoms with Crippen molar-refractivity contribution in [2.75, 3.05) is 0 Å². The van der Waals surface area contributed by atoms with Gasteiger partial charge in [-0.1, -0.05) is 0 Å². The first-order valence-corrected chi connectivity index (χ1v) is 6.28. The number of fused-ring (bicyclic) bond motifs is 1. The third-order valence-electron chi connectivity index (χ3n) is 3.51. The van der Waals surface area contributed by atoms with Crippen molar-refractivity contribution in [2.45, 2.75) is 25.3 Å². The Morgan fingerprint density at radius 1 is 1.32 bits per heavy atom. The van der Waals surface area contributed by atoms with E-state index >= 15 is 0 Å². The Labute approximate surface area is 120 Å². The molecule has 0 saturated carbocycles. The Morgan fingerprint density at radius 3 is 2.79 bits per heavy atom. The largest absolute Gasteiger partial charge is 0.337 e. The lowest BCUT2D eigenvalue weighted by Gasteiger charge is -2.26. The van der Waals surface area contributed by atoms with Gasteiger partial charge >= 0.3 is 0 Å². The third kappa shape index (κ3) is 2.58. The summed E-state index contributed by atoms with van der Waals surface area (Å²) >= 11 is 5.18. The van der Waals surface area contributed by atoms with Gasteiger partial charge in [0.2, 0.25) is 0 Å². The molecule has 0 amide bonds. The number of imidazole rings is 1. The van der Waals surface area contributed by atoms with Crippen LogP contribution in [0, 0.1) is 16.4 Å². The molecule has 2 nitrogen and oxygen atoms in total. The van der Waals surface area contributed by atoms with Crippen LogP contribution in [0.3, 0.4) is 0 Å². The summed E-state index contributed by atoms with van der Waals surface area (Å²) in [5.74, 6) is -0.939. The van der Waals surface area contributed by atoms with Gasteiger partial charge in [0.15, 0.2) is 4.77 Å². The van der Waals surface area contributed by atoms with Crippen LogP contribution in [0.1, 0.15) is 23.6 Å². The van der Waals surface area contributed by atoms with E-state index < -0.39 is 11.6 Å². The lowest BCUT2D eigenvalue weighted by molar-refractivity contribution is 0.425. The summed E-state index contributed by atoms with van der Waals surface area (Å²) in [6.07, 6.45) is 5.73. The molecule has 1 atom stereocenters. The number of halogens is 3. The maximum atomic E-state index is 13.6. The third-order valence-corrected chi connectivity index (χ3v) is 3.83. The molecule has 3 rings (SSSR count). The topological polar surface area (TPSA) is 20.7 Å². The van der Waals surface area contributed by atoms with E-state index in [4.69, 9.17) is 12.2 Å². The number of aromatic amines is 1. The van der Waals surface area contributed by atoms with Gasteiger partial charge in [-0.05, 0) is 48.7 Å². The Balaban J connectivity index is 0.00000133. The molecule has 1 aromatic heterocycles. The van der Waals surface area contributed by atoms with Crippen molar-refractivity contribution in [1.82, 2.24) is 9.55 Å². The van der Waals surface area contributed by atoms with Crippen molar-refractivity contribution in [1.29, 1.82) is 0 Å². The van der Waals surface area contributed by atoms with E-state index in [1.165, 1.54) is 6.07 Å². The van der Waals surface area contributed by atoms with Crippen LogP contribution < -0.4 is 0 Å². The fourth-order valence-electron chi connectivity index (χ4n) is 2.64. The Hall–Kier alpha value is -1.20. The van der Waals surface area contributed by atoms with Gasteiger partial charge in [-0.2, -0.15) is 0 Å². The molecule has 0 radical (unpaired) electrons. The zero-order valence-electron chi connectivity index (χ0n) is 10.0. The average molecular weight is 303 g/mol. The van der Waals surface area contributed by atoms with Crippen molar-refractivity contribution < 1.29 is 8.78 Å². The van der Waals surface area contributed by atoms with Crippen LogP contribution in [0.25, 0.3) is 0 Å². The molecule has 1 heterocycles.